The van der Waals surface area contributed by atoms with E-state index in [1.165, 1.54) is 29.5 Å². The Kier molecular flexibility index (Phi) is 2.72. The molecule has 1 saturated heterocycles. The van der Waals surface area contributed by atoms with Crippen LogP contribution in [0.15, 0.2) is 18.2 Å². The number of aryl methyl sites for hydroxylation is 2. The van der Waals surface area contributed by atoms with E-state index in [1.807, 2.05) is 0 Å². The fourth-order valence-electron chi connectivity index (χ4n) is 3.07. The van der Waals surface area contributed by atoms with Crippen molar-refractivity contribution in [2.75, 3.05) is 13.2 Å². The van der Waals surface area contributed by atoms with E-state index in [2.05, 4.69) is 37.4 Å². The standard InChI is InChI=1S/C15H21NO/c1-11-3-4-12-5-6-14(13(12)9-11)16-15(2)7-8-17-10-15/h3-4,9,14,16H,5-8,10H2,1-2H3/t14-,15-/m1/s1. The SMILES string of the molecule is Cc1ccc2c(c1)[C@H](N[C@]1(C)CCOC1)CC2. The zero-order valence-corrected chi connectivity index (χ0v) is 10.8. The second-order valence-corrected chi connectivity index (χ2v) is 5.80. The fourth-order valence-corrected chi connectivity index (χ4v) is 3.07. The highest BCUT2D eigenvalue weighted by Crippen LogP contribution is 2.34. The van der Waals surface area contributed by atoms with Crippen LogP contribution in [-0.4, -0.2) is 18.8 Å². The van der Waals surface area contributed by atoms with Gasteiger partial charge in [0.1, 0.15) is 0 Å². The second-order valence-electron chi connectivity index (χ2n) is 5.80. The van der Waals surface area contributed by atoms with Crippen LogP contribution >= 0.6 is 0 Å². The Morgan fingerprint density at radius 1 is 1.41 bits per heavy atom. The molecule has 1 aliphatic heterocycles. The van der Waals surface area contributed by atoms with Crippen LogP contribution in [0.3, 0.4) is 0 Å². The van der Waals surface area contributed by atoms with Gasteiger partial charge in [0.05, 0.1) is 6.61 Å². The summed E-state index contributed by atoms with van der Waals surface area (Å²) in [7, 11) is 0. The predicted octanol–water partition coefficient (Wildman–Crippen LogP) is 2.75. The van der Waals surface area contributed by atoms with Gasteiger partial charge in [-0.25, -0.2) is 0 Å². The molecule has 1 N–H and O–H groups in total. The Labute approximate surface area is 103 Å². The summed E-state index contributed by atoms with van der Waals surface area (Å²) >= 11 is 0. The van der Waals surface area contributed by atoms with E-state index in [0.717, 1.165) is 19.6 Å². The highest BCUT2D eigenvalue weighted by Gasteiger charge is 2.34. The summed E-state index contributed by atoms with van der Waals surface area (Å²) in [5.74, 6) is 0. The summed E-state index contributed by atoms with van der Waals surface area (Å²) < 4.78 is 5.52. The van der Waals surface area contributed by atoms with E-state index in [9.17, 15) is 0 Å². The maximum atomic E-state index is 5.52. The fraction of sp³-hybridized carbons (Fsp3) is 0.600. The highest BCUT2D eigenvalue weighted by atomic mass is 16.5. The number of hydrogen-bond acceptors (Lipinski definition) is 2. The van der Waals surface area contributed by atoms with Gasteiger partial charge in [-0.2, -0.15) is 0 Å². The average molecular weight is 231 g/mol. The van der Waals surface area contributed by atoms with Crippen LogP contribution < -0.4 is 5.32 Å². The van der Waals surface area contributed by atoms with Gasteiger partial charge in [-0.1, -0.05) is 23.8 Å². The van der Waals surface area contributed by atoms with Crippen LogP contribution in [-0.2, 0) is 11.2 Å². The summed E-state index contributed by atoms with van der Waals surface area (Å²) in [4.78, 5) is 0. The summed E-state index contributed by atoms with van der Waals surface area (Å²) in [6.45, 7) is 6.21. The lowest BCUT2D eigenvalue weighted by atomic mass is 9.97. The average Bonchev–Trinajstić information content (AvgIpc) is 2.87. The first-order valence-electron chi connectivity index (χ1n) is 6.61. The van der Waals surface area contributed by atoms with E-state index in [0.29, 0.717) is 6.04 Å². The van der Waals surface area contributed by atoms with Gasteiger partial charge in [0.15, 0.2) is 0 Å². The van der Waals surface area contributed by atoms with Crippen LogP contribution in [0.5, 0.6) is 0 Å². The topological polar surface area (TPSA) is 21.3 Å². The van der Waals surface area contributed by atoms with E-state index in [-0.39, 0.29) is 5.54 Å². The molecule has 2 aliphatic rings. The zero-order valence-electron chi connectivity index (χ0n) is 10.8. The first kappa shape index (κ1) is 11.2. The number of ether oxygens (including phenoxy) is 1. The van der Waals surface area contributed by atoms with Crippen molar-refractivity contribution in [3.8, 4) is 0 Å². The van der Waals surface area contributed by atoms with Crippen LogP contribution in [0.2, 0.25) is 0 Å². The predicted molar refractivity (Wildman–Crippen MR) is 69.2 cm³/mol. The van der Waals surface area contributed by atoms with E-state index in [4.69, 9.17) is 4.74 Å². The van der Waals surface area contributed by atoms with Gasteiger partial charge >= 0.3 is 0 Å². The molecular formula is C15H21NO. The maximum absolute atomic E-state index is 5.52. The molecule has 2 atom stereocenters. The molecule has 1 fully saturated rings. The Morgan fingerprint density at radius 2 is 2.29 bits per heavy atom. The first-order chi connectivity index (χ1) is 8.16. The summed E-state index contributed by atoms with van der Waals surface area (Å²) in [5.41, 5.74) is 4.58. The number of rotatable bonds is 2. The number of nitrogens with one attached hydrogen (secondary N) is 1. The van der Waals surface area contributed by atoms with Crippen molar-refractivity contribution in [3.63, 3.8) is 0 Å². The number of fused-ring (bicyclic) bond motifs is 1. The molecule has 0 spiro atoms. The molecule has 1 aromatic rings. The van der Waals surface area contributed by atoms with Crippen molar-refractivity contribution in [1.29, 1.82) is 0 Å². The van der Waals surface area contributed by atoms with Crippen molar-refractivity contribution in [2.24, 2.45) is 0 Å². The van der Waals surface area contributed by atoms with Gasteiger partial charge in [-0.3, -0.25) is 0 Å². The summed E-state index contributed by atoms with van der Waals surface area (Å²) in [5, 5.41) is 3.81. The Morgan fingerprint density at radius 3 is 3.06 bits per heavy atom. The number of hydrogen-bond donors (Lipinski definition) is 1. The largest absolute Gasteiger partial charge is 0.379 e. The Hall–Kier alpha value is -0.860. The minimum atomic E-state index is 0.177. The van der Waals surface area contributed by atoms with Crippen molar-refractivity contribution in [2.45, 2.75) is 44.7 Å². The minimum Gasteiger partial charge on any atom is -0.379 e. The molecule has 1 aliphatic carbocycles. The molecule has 17 heavy (non-hydrogen) atoms. The van der Waals surface area contributed by atoms with Gasteiger partial charge in [0.2, 0.25) is 0 Å². The van der Waals surface area contributed by atoms with E-state index in [1.54, 1.807) is 0 Å². The van der Waals surface area contributed by atoms with Crippen molar-refractivity contribution in [3.05, 3.63) is 34.9 Å². The minimum absolute atomic E-state index is 0.177. The molecule has 92 valence electrons. The van der Waals surface area contributed by atoms with Crippen LogP contribution in [0.4, 0.5) is 0 Å². The molecule has 2 nitrogen and oxygen atoms in total. The van der Waals surface area contributed by atoms with Gasteiger partial charge in [0.25, 0.3) is 0 Å². The normalized spacial score (nSPS) is 31.8. The molecule has 1 aromatic carbocycles. The highest BCUT2D eigenvalue weighted by molar-refractivity contribution is 5.37. The van der Waals surface area contributed by atoms with Gasteiger partial charge in [0, 0.05) is 18.2 Å². The first-order valence-corrected chi connectivity index (χ1v) is 6.61. The summed E-state index contributed by atoms with van der Waals surface area (Å²) in [6, 6.07) is 7.39. The quantitative estimate of drug-likeness (QED) is 0.845. The van der Waals surface area contributed by atoms with Crippen molar-refractivity contribution >= 4 is 0 Å². The third-order valence-corrected chi connectivity index (χ3v) is 4.12. The lowest BCUT2D eigenvalue weighted by molar-refractivity contribution is 0.166. The van der Waals surface area contributed by atoms with Crippen LogP contribution in [0, 0.1) is 6.92 Å². The molecule has 2 heteroatoms. The molecule has 1 heterocycles. The third kappa shape index (κ3) is 2.12. The van der Waals surface area contributed by atoms with Gasteiger partial charge < -0.3 is 10.1 Å². The second kappa shape index (κ2) is 4.11. The third-order valence-electron chi connectivity index (χ3n) is 4.12. The smallest absolute Gasteiger partial charge is 0.0646 e. The molecule has 0 aromatic heterocycles. The Balaban J connectivity index is 1.81. The molecule has 0 amide bonds. The van der Waals surface area contributed by atoms with Crippen LogP contribution in [0.1, 0.15) is 42.5 Å². The lowest BCUT2D eigenvalue weighted by Gasteiger charge is -2.28. The summed E-state index contributed by atoms with van der Waals surface area (Å²) in [6.07, 6.45) is 3.57. The molecule has 3 rings (SSSR count). The van der Waals surface area contributed by atoms with Crippen molar-refractivity contribution < 1.29 is 4.74 Å². The molecular weight excluding hydrogens is 210 g/mol. The molecule has 0 radical (unpaired) electrons. The Bertz CT molecular complexity index is 421. The molecule has 0 unspecified atom stereocenters. The van der Waals surface area contributed by atoms with Gasteiger partial charge in [-0.05, 0) is 44.2 Å². The lowest BCUT2D eigenvalue weighted by Crippen LogP contribution is -2.44. The monoisotopic (exact) mass is 231 g/mol. The molecule has 0 bridgehead atoms. The number of benzene rings is 1. The molecule has 0 saturated carbocycles. The van der Waals surface area contributed by atoms with Crippen molar-refractivity contribution in [1.82, 2.24) is 5.32 Å². The van der Waals surface area contributed by atoms with E-state index < -0.39 is 0 Å². The zero-order chi connectivity index (χ0) is 11.9. The van der Waals surface area contributed by atoms with Crippen LogP contribution in [0.25, 0.3) is 0 Å². The maximum Gasteiger partial charge on any atom is 0.0646 e. The van der Waals surface area contributed by atoms with Gasteiger partial charge in [-0.15, -0.1) is 0 Å². The van der Waals surface area contributed by atoms with E-state index >= 15 is 0 Å².